The molecule has 0 aliphatic rings. The molecule has 4 aromatic carbocycles. The van der Waals surface area contributed by atoms with Crippen LogP contribution in [-0.4, -0.2) is 36.9 Å². The lowest BCUT2D eigenvalue weighted by atomic mass is 9.88. The molecule has 0 amide bonds. The molecule has 0 aliphatic heterocycles. The molecule has 2 N–H and O–H groups in total. The van der Waals surface area contributed by atoms with Gasteiger partial charge in [-0.05, 0) is 71.5 Å². The molecule has 0 atom stereocenters. The summed E-state index contributed by atoms with van der Waals surface area (Å²) in [6, 6.07) is 19.4. The van der Waals surface area contributed by atoms with Gasteiger partial charge in [0.1, 0.15) is 0 Å². The summed E-state index contributed by atoms with van der Waals surface area (Å²) in [5.74, 6) is 0.859. The Balaban J connectivity index is 1.67. The topological polar surface area (TPSA) is 83.6 Å². The zero-order valence-electron chi connectivity index (χ0n) is 22.7. The fourth-order valence-electron chi connectivity index (χ4n) is 4.62. The summed E-state index contributed by atoms with van der Waals surface area (Å²) in [4.78, 5) is 9.35. The van der Waals surface area contributed by atoms with Gasteiger partial charge in [0.2, 0.25) is 0 Å². The van der Waals surface area contributed by atoms with E-state index in [1.165, 1.54) is 14.2 Å². The van der Waals surface area contributed by atoms with Crippen LogP contribution in [0.1, 0.15) is 33.4 Å². The second-order valence-corrected chi connectivity index (χ2v) is 11.1. The molecule has 8 heteroatoms. The van der Waals surface area contributed by atoms with Crippen LogP contribution < -0.4 is 9.47 Å². The molecule has 0 aromatic heterocycles. The lowest BCUT2D eigenvalue weighted by Crippen LogP contribution is -1.99. The minimum atomic E-state index is 0.0482. The van der Waals surface area contributed by atoms with Crippen LogP contribution in [-0.2, 0) is 13.1 Å². The minimum absolute atomic E-state index is 0.0482. The number of phenolic OH excluding ortho intramolecular Hbond substituents is 2. The number of aromatic hydroxyl groups is 2. The van der Waals surface area contributed by atoms with Gasteiger partial charge in [0, 0.05) is 32.5 Å². The number of hydrogen-bond acceptors (Lipinski definition) is 6. The number of methoxy groups -OCH3 is 2. The first-order chi connectivity index (χ1) is 19.2. The van der Waals surface area contributed by atoms with E-state index in [1.807, 2.05) is 12.1 Å². The first-order valence-electron chi connectivity index (χ1n) is 12.5. The van der Waals surface area contributed by atoms with Crippen molar-refractivity contribution in [2.45, 2.75) is 26.9 Å². The van der Waals surface area contributed by atoms with Crippen LogP contribution in [0.4, 0.5) is 0 Å². The average Bonchev–Trinajstić information content (AvgIpc) is 2.93. The van der Waals surface area contributed by atoms with E-state index in [1.54, 1.807) is 36.7 Å². The van der Waals surface area contributed by atoms with Gasteiger partial charge in [-0.2, -0.15) is 0 Å². The van der Waals surface area contributed by atoms with Gasteiger partial charge in [-0.15, -0.1) is 0 Å². The van der Waals surface area contributed by atoms with Crippen molar-refractivity contribution in [3.8, 4) is 34.1 Å². The lowest BCUT2D eigenvalue weighted by Gasteiger charge is -2.17. The predicted molar refractivity (Wildman–Crippen MR) is 169 cm³/mol. The van der Waals surface area contributed by atoms with E-state index in [0.717, 1.165) is 42.3 Å². The van der Waals surface area contributed by atoms with Crippen molar-refractivity contribution < 1.29 is 19.7 Å². The summed E-state index contributed by atoms with van der Waals surface area (Å²) < 4.78 is 12.1. The van der Waals surface area contributed by atoms with Gasteiger partial charge in [-0.25, -0.2) is 0 Å². The molecule has 0 unspecified atom stereocenters. The SMILES string of the molecule is COc1cc(Br)cc(C=NCc2cccc(C)c2-c2c(C)cccc2CN=Cc2cc(Br)cc(OC)c2O)c1O. The molecule has 0 saturated heterocycles. The van der Waals surface area contributed by atoms with Gasteiger partial charge in [-0.3, -0.25) is 9.98 Å². The number of nitrogens with zero attached hydrogens (tertiary/aromatic N) is 2. The molecule has 0 saturated carbocycles. The van der Waals surface area contributed by atoms with Crippen LogP contribution in [0.15, 0.2) is 79.6 Å². The second kappa shape index (κ2) is 13.2. The Morgan fingerprint density at radius 2 is 1.07 bits per heavy atom. The molecule has 0 radical (unpaired) electrons. The van der Waals surface area contributed by atoms with Crippen LogP contribution in [0.2, 0.25) is 0 Å². The maximum absolute atomic E-state index is 10.5. The molecule has 4 rings (SSSR count). The number of halogens is 2. The number of rotatable bonds is 9. The van der Waals surface area contributed by atoms with Gasteiger partial charge < -0.3 is 19.7 Å². The summed E-state index contributed by atoms with van der Waals surface area (Å²) in [7, 11) is 3.03. The largest absolute Gasteiger partial charge is 0.504 e. The normalized spacial score (nSPS) is 11.4. The minimum Gasteiger partial charge on any atom is -0.504 e. The third-order valence-electron chi connectivity index (χ3n) is 6.53. The number of ether oxygens (including phenoxy) is 2. The molecule has 6 nitrogen and oxygen atoms in total. The van der Waals surface area contributed by atoms with Crippen LogP contribution in [0.5, 0.6) is 23.0 Å². The van der Waals surface area contributed by atoms with E-state index in [0.29, 0.717) is 35.7 Å². The van der Waals surface area contributed by atoms with Crippen LogP contribution in [0, 0.1) is 13.8 Å². The molecule has 0 bridgehead atoms. The van der Waals surface area contributed by atoms with Crippen LogP contribution >= 0.6 is 31.9 Å². The molecule has 0 heterocycles. The summed E-state index contributed by atoms with van der Waals surface area (Å²) in [5.41, 5.74) is 7.76. The predicted octanol–water partition coefficient (Wildman–Crippen LogP) is 8.16. The zero-order chi connectivity index (χ0) is 28.8. The fraction of sp³-hybridized carbons (Fsp3) is 0.188. The average molecular weight is 666 g/mol. The lowest BCUT2D eigenvalue weighted by molar-refractivity contribution is 0.373. The number of aryl methyl sites for hydroxylation is 2. The molecular weight excluding hydrogens is 636 g/mol. The highest BCUT2D eigenvalue weighted by molar-refractivity contribution is 9.10. The van der Waals surface area contributed by atoms with Gasteiger partial charge in [-0.1, -0.05) is 68.3 Å². The number of aliphatic imine (C=N–C) groups is 2. The van der Waals surface area contributed by atoms with Crippen LogP contribution in [0.3, 0.4) is 0 Å². The van der Waals surface area contributed by atoms with Crippen molar-refractivity contribution in [2.24, 2.45) is 9.98 Å². The molecule has 4 aromatic rings. The highest BCUT2D eigenvalue weighted by Crippen LogP contribution is 2.36. The van der Waals surface area contributed by atoms with Gasteiger partial charge in [0.05, 0.1) is 27.3 Å². The molecule has 0 aliphatic carbocycles. The van der Waals surface area contributed by atoms with E-state index in [2.05, 4.69) is 80.0 Å². The zero-order valence-corrected chi connectivity index (χ0v) is 25.9. The van der Waals surface area contributed by atoms with Crippen molar-refractivity contribution in [3.63, 3.8) is 0 Å². The standard InChI is InChI=1S/C32H30Br2N2O4/c1-19-7-5-9-21(15-35-17-23-11-25(33)13-27(39-3)31(23)37)29(19)30-20(2)8-6-10-22(30)16-36-18-24-12-26(34)14-28(40-4)32(24)38/h5-14,17-18,37-38H,15-16H2,1-4H3. The summed E-state index contributed by atoms with van der Waals surface area (Å²) >= 11 is 6.91. The number of phenols is 2. The van der Waals surface area contributed by atoms with Gasteiger partial charge in [0.15, 0.2) is 23.0 Å². The van der Waals surface area contributed by atoms with Crippen molar-refractivity contribution in [1.29, 1.82) is 0 Å². The Morgan fingerprint density at radius 3 is 1.45 bits per heavy atom. The van der Waals surface area contributed by atoms with Crippen molar-refractivity contribution in [1.82, 2.24) is 0 Å². The smallest absolute Gasteiger partial charge is 0.166 e. The first kappa shape index (κ1) is 29.4. The maximum Gasteiger partial charge on any atom is 0.166 e. The molecule has 0 fully saturated rings. The maximum atomic E-state index is 10.5. The molecule has 40 heavy (non-hydrogen) atoms. The van der Waals surface area contributed by atoms with Crippen molar-refractivity contribution in [2.75, 3.05) is 14.2 Å². The van der Waals surface area contributed by atoms with E-state index in [4.69, 9.17) is 9.47 Å². The Hall–Kier alpha value is -3.62. The van der Waals surface area contributed by atoms with Gasteiger partial charge >= 0.3 is 0 Å². The Labute approximate surface area is 251 Å². The number of benzene rings is 4. The highest BCUT2D eigenvalue weighted by atomic mass is 79.9. The number of hydrogen-bond donors (Lipinski definition) is 2. The summed E-state index contributed by atoms with van der Waals surface area (Å²) in [6.07, 6.45) is 3.33. The molecular formula is C32H30Br2N2O4. The van der Waals surface area contributed by atoms with Gasteiger partial charge in [0.25, 0.3) is 0 Å². The van der Waals surface area contributed by atoms with E-state index < -0.39 is 0 Å². The highest BCUT2D eigenvalue weighted by Gasteiger charge is 2.15. The monoisotopic (exact) mass is 664 g/mol. The van der Waals surface area contributed by atoms with E-state index in [9.17, 15) is 10.2 Å². The van der Waals surface area contributed by atoms with Crippen molar-refractivity contribution in [3.05, 3.63) is 103 Å². The third-order valence-corrected chi connectivity index (χ3v) is 7.45. The quantitative estimate of drug-likeness (QED) is 0.177. The Morgan fingerprint density at radius 1 is 0.675 bits per heavy atom. The molecule has 206 valence electrons. The van der Waals surface area contributed by atoms with Crippen molar-refractivity contribution >= 4 is 44.3 Å². The van der Waals surface area contributed by atoms with E-state index in [-0.39, 0.29) is 11.5 Å². The second-order valence-electron chi connectivity index (χ2n) is 9.25. The summed E-state index contributed by atoms with van der Waals surface area (Å²) in [5, 5.41) is 21.0. The van der Waals surface area contributed by atoms with Crippen LogP contribution in [0.25, 0.3) is 11.1 Å². The third kappa shape index (κ3) is 6.57. The Bertz CT molecular complexity index is 1480. The van der Waals surface area contributed by atoms with E-state index >= 15 is 0 Å². The first-order valence-corrected chi connectivity index (χ1v) is 14.1. The molecule has 0 spiro atoms. The Kier molecular flexibility index (Phi) is 9.66. The fourth-order valence-corrected chi connectivity index (χ4v) is 5.53. The summed E-state index contributed by atoms with van der Waals surface area (Å²) in [6.45, 7) is 5.04.